The molecule has 0 fully saturated rings. The van der Waals surface area contributed by atoms with Crippen LogP contribution >= 0.6 is 0 Å². The Bertz CT molecular complexity index is 607. The van der Waals surface area contributed by atoms with Crippen LogP contribution in [0.1, 0.15) is 40.4 Å². The highest BCUT2D eigenvalue weighted by Gasteiger charge is 2.18. The topological polar surface area (TPSA) is 55.6 Å². The number of hydrogen-bond acceptors (Lipinski definition) is 5. The zero-order valence-electron chi connectivity index (χ0n) is 12.8. The Hall–Kier alpha value is -2.14. The summed E-state index contributed by atoms with van der Waals surface area (Å²) in [6, 6.07) is 5.91. The highest BCUT2D eigenvalue weighted by atomic mass is 16.5. The fraction of sp³-hybridized carbons (Fsp3) is 0.375. The average Bonchev–Trinajstić information content (AvgIpc) is 2.87. The van der Waals surface area contributed by atoms with Gasteiger partial charge in [-0.1, -0.05) is 6.07 Å². The molecular formula is C16H20N2O3. The van der Waals surface area contributed by atoms with Crippen LogP contribution in [0.15, 0.2) is 35.0 Å². The van der Waals surface area contributed by atoms with Gasteiger partial charge in [0.1, 0.15) is 17.1 Å². The Morgan fingerprint density at radius 2 is 2.29 bits per heavy atom. The predicted octanol–water partition coefficient (Wildman–Crippen LogP) is 2.96. The number of rotatable bonds is 5. The molecule has 5 nitrogen and oxygen atoms in total. The van der Waals surface area contributed by atoms with E-state index >= 15 is 0 Å². The van der Waals surface area contributed by atoms with Crippen LogP contribution in [-0.4, -0.2) is 30.0 Å². The Morgan fingerprint density at radius 3 is 2.90 bits per heavy atom. The fourth-order valence-electron chi connectivity index (χ4n) is 2.19. The second-order valence-corrected chi connectivity index (χ2v) is 5.05. The van der Waals surface area contributed by atoms with Crippen molar-refractivity contribution in [2.24, 2.45) is 0 Å². The third-order valence-electron chi connectivity index (χ3n) is 3.61. The van der Waals surface area contributed by atoms with Gasteiger partial charge in [0.25, 0.3) is 0 Å². The van der Waals surface area contributed by atoms with Crippen molar-refractivity contribution in [2.45, 2.75) is 26.4 Å². The lowest BCUT2D eigenvalue weighted by atomic mass is 10.1. The van der Waals surface area contributed by atoms with Gasteiger partial charge >= 0.3 is 5.97 Å². The predicted molar refractivity (Wildman–Crippen MR) is 78.9 cm³/mol. The monoisotopic (exact) mass is 288 g/mol. The van der Waals surface area contributed by atoms with Gasteiger partial charge in [-0.25, -0.2) is 4.79 Å². The van der Waals surface area contributed by atoms with Crippen molar-refractivity contribution in [1.82, 2.24) is 9.88 Å². The van der Waals surface area contributed by atoms with E-state index in [0.717, 1.165) is 11.3 Å². The summed E-state index contributed by atoms with van der Waals surface area (Å²) in [6.45, 7) is 4.47. The lowest BCUT2D eigenvalue weighted by molar-refractivity contribution is 0.0599. The minimum atomic E-state index is -0.370. The van der Waals surface area contributed by atoms with Crippen molar-refractivity contribution in [1.29, 1.82) is 0 Å². The van der Waals surface area contributed by atoms with Crippen LogP contribution in [0, 0.1) is 6.92 Å². The second kappa shape index (κ2) is 6.54. The molecule has 0 saturated carbocycles. The van der Waals surface area contributed by atoms with E-state index in [2.05, 4.69) is 16.8 Å². The zero-order valence-corrected chi connectivity index (χ0v) is 12.8. The van der Waals surface area contributed by atoms with E-state index in [0.29, 0.717) is 17.9 Å². The normalized spacial score (nSPS) is 12.4. The van der Waals surface area contributed by atoms with Gasteiger partial charge in [0.05, 0.1) is 13.7 Å². The smallest absolute Gasteiger partial charge is 0.341 e. The van der Waals surface area contributed by atoms with Crippen LogP contribution < -0.4 is 0 Å². The maximum Gasteiger partial charge on any atom is 0.341 e. The number of carbonyl (C=O) groups excluding carboxylic acids is 1. The van der Waals surface area contributed by atoms with Crippen LogP contribution in [0.3, 0.4) is 0 Å². The number of esters is 1. The van der Waals surface area contributed by atoms with Gasteiger partial charge in [-0.3, -0.25) is 9.88 Å². The van der Waals surface area contributed by atoms with E-state index in [1.807, 2.05) is 25.4 Å². The van der Waals surface area contributed by atoms with E-state index < -0.39 is 0 Å². The second-order valence-electron chi connectivity index (χ2n) is 5.05. The molecule has 0 spiro atoms. The number of furan rings is 1. The molecule has 0 bridgehead atoms. The summed E-state index contributed by atoms with van der Waals surface area (Å²) < 4.78 is 10.4. The summed E-state index contributed by atoms with van der Waals surface area (Å²) in [5.74, 6) is 0.955. The van der Waals surface area contributed by atoms with Crippen LogP contribution in [0.5, 0.6) is 0 Å². The molecule has 0 amide bonds. The fourth-order valence-corrected chi connectivity index (χ4v) is 2.19. The summed E-state index contributed by atoms with van der Waals surface area (Å²) >= 11 is 0. The van der Waals surface area contributed by atoms with Gasteiger partial charge in [0, 0.05) is 18.4 Å². The van der Waals surface area contributed by atoms with Crippen molar-refractivity contribution in [2.75, 3.05) is 14.2 Å². The molecule has 2 rings (SSSR count). The van der Waals surface area contributed by atoms with E-state index in [9.17, 15) is 4.79 Å². The molecular weight excluding hydrogens is 268 g/mol. The number of methoxy groups -OCH3 is 1. The zero-order chi connectivity index (χ0) is 15.4. The van der Waals surface area contributed by atoms with Crippen molar-refractivity contribution >= 4 is 5.97 Å². The van der Waals surface area contributed by atoms with Gasteiger partial charge in [0.15, 0.2) is 0 Å². The van der Waals surface area contributed by atoms with Crippen molar-refractivity contribution in [3.05, 3.63) is 53.2 Å². The molecule has 5 heteroatoms. The summed E-state index contributed by atoms with van der Waals surface area (Å²) in [4.78, 5) is 17.9. The van der Waals surface area contributed by atoms with Crippen molar-refractivity contribution in [3.8, 4) is 0 Å². The maximum atomic E-state index is 11.6. The lowest BCUT2D eigenvalue weighted by Gasteiger charge is -2.23. The SMILES string of the molecule is COC(=O)c1cc(CN(C)C(C)c2cccnc2)oc1C. The third-order valence-corrected chi connectivity index (χ3v) is 3.61. The highest BCUT2D eigenvalue weighted by molar-refractivity contribution is 5.90. The molecule has 1 atom stereocenters. The van der Waals surface area contributed by atoms with Crippen LogP contribution in [0.25, 0.3) is 0 Å². The Labute approximate surface area is 124 Å². The highest BCUT2D eigenvalue weighted by Crippen LogP contribution is 2.22. The number of carbonyl (C=O) groups is 1. The maximum absolute atomic E-state index is 11.6. The summed E-state index contributed by atoms with van der Waals surface area (Å²) in [5.41, 5.74) is 1.62. The standard InChI is InChI=1S/C16H20N2O3/c1-11(13-6-5-7-17-9-13)18(3)10-14-8-15(12(2)21-14)16(19)20-4/h5-9,11H,10H2,1-4H3. The van der Waals surface area contributed by atoms with Crippen LogP contribution in [0.4, 0.5) is 0 Å². The van der Waals surface area contributed by atoms with Crippen LogP contribution in [0.2, 0.25) is 0 Å². The molecule has 0 N–H and O–H groups in total. The Balaban J connectivity index is 2.09. The summed E-state index contributed by atoms with van der Waals surface area (Å²) in [6.07, 6.45) is 3.61. The van der Waals surface area contributed by atoms with Crippen molar-refractivity contribution in [3.63, 3.8) is 0 Å². The Kier molecular flexibility index (Phi) is 4.75. The number of aromatic nitrogens is 1. The summed E-state index contributed by atoms with van der Waals surface area (Å²) in [5, 5.41) is 0. The molecule has 2 aromatic rings. The number of aryl methyl sites for hydroxylation is 1. The lowest BCUT2D eigenvalue weighted by Crippen LogP contribution is -2.21. The van der Waals surface area contributed by atoms with E-state index in [1.165, 1.54) is 7.11 Å². The van der Waals surface area contributed by atoms with Gasteiger partial charge in [0.2, 0.25) is 0 Å². The Morgan fingerprint density at radius 1 is 1.52 bits per heavy atom. The summed E-state index contributed by atoms with van der Waals surface area (Å²) in [7, 11) is 3.37. The molecule has 21 heavy (non-hydrogen) atoms. The van der Waals surface area contributed by atoms with Gasteiger partial charge in [-0.05, 0) is 38.6 Å². The first-order valence-electron chi connectivity index (χ1n) is 6.80. The average molecular weight is 288 g/mol. The largest absolute Gasteiger partial charge is 0.465 e. The molecule has 0 radical (unpaired) electrons. The quantitative estimate of drug-likeness (QED) is 0.792. The first kappa shape index (κ1) is 15.3. The first-order chi connectivity index (χ1) is 10.0. The molecule has 0 saturated heterocycles. The minimum Gasteiger partial charge on any atom is -0.465 e. The van der Waals surface area contributed by atoms with Crippen molar-refractivity contribution < 1.29 is 13.9 Å². The molecule has 2 aromatic heterocycles. The number of pyridine rings is 1. The van der Waals surface area contributed by atoms with E-state index in [1.54, 1.807) is 19.2 Å². The van der Waals surface area contributed by atoms with Gasteiger partial charge in [-0.2, -0.15) is 0 Å². The molecule has 0 aliphatic carbocycles. The molecule has 1 unspecified atom stereocenters. The number of hydrogen-bond donors (Lipinski definition) is 0. The van der Waals surface area contributed by atoms with E-state index in [-0.39, 0.29) is 12.0 Å². The third kappa shape index (κ3) is 3.49. The van der Waals surface area contributed by atoms with Gasteiger partial charge in [-0.15, -0.1) is 0 Å². The molecule has 112 valence electrons. The van der Waals surface area contributed by atoms with Crippen LogP contribution in [-0.2, 0) is 11.3 Å². The number of ether oxygens (including phenoxy) is 1. The van der Waals surface area contributed by atoms with E-state index in [4.69, 9.17) is 9.15 Å². The first-order valence-corrected chi connectivity index (χ1v) is 6.80. The molecule has 0 aromatic carbocycles. The number of nitrogens with zero attached hydrogens (tertiary/aromatic N) is 2. The molecule has 0 aliphatic heterocycles. The molecule has 2 heterocycles. The van der Waals surface area contributed by atoms with Gasteiger partial charge < -0.3 is 9.15 Å². The molecule has 0 aliphatic rings. The minimum absolute atomic E-state index is 0.200.